The molecule has 0 saturated carbocycles. The lowest BCUT2D eigenvalue weighted by molar-refractivity contribution is 0.442. The highest BCUT2D eigenvalue weighted by Gasteiger charge is 2.53. The quantitative estimate of drug-likeness (QED) is 0.0928. The van der Waals surface area contributed by atoms with Crippen LogP contribution in [0.25, 0.3) is 21.5 Å². The number of thioether (sulfide) groups is 6. The molecule has 0 spiro atoms. The molecule has 4 aliphatic heterocycles. The molecule has 0 amide bonds. The molecule has 0 saturated heterocycles. The molecule has 49 heavy (non-hydrogen) atoms. The molecule has 2 aromatic heterocycles. The van der Waals surface area contributed by atoms with Crippen molar-refractivity contribution in [1.29, 1.82) is 0 Å². The third-order valence-electron chi connectivity index (χ3n) is 9.37. The molecule has 4 aliphatic rings. The number of benzene rings is 3. The second-order valence-electron chi connectivity index (χ2n) is 12.0. The van der Waals surface area contributed by atoms with E-state index in [1.807, 2.05) is 70.6 Å². The molecular formula is C36H37BN6S6. The van der Waals surface area contributed by atoms with Gasteiger partial charge in [-0.1, -0.05) is 41.5 Å². The summed E-state index contributed by atoms with van der Waals surface area (Å²) in [6, 6.07) is 14.4. The van der Waals surface area contributed by atoms with Gasteiger partial charge in [-0.15, -0.1) is 70.6 Å². The SMILES string of the molecule is CCSc1cc2c(cc1SCC)C1N=c3c4cc(SCC)c(SCC)cc4c4n3B3N1C2=Nc1c2cc(SCC)c(SCC)cc2c(n13)N=4. The second-order valence-corrected chi connectivity index (χ2v) is 19.8. The maximum atomic E-state index is 5.66. The fraction of sp³-hybridized carbons (Fsp3) is 0.361. The minimum atomic E-state index is -0.150. The first kappa shape index (κ1) is 32.9. The van der Waals surface area contributed by atoms with Crippen molar-refractivity contribution in [3.63, 3.8) is 0 Å². The van der Waals surface area contributed by atoms with Crippen LogP contribution in [0.3, 0.4) is 0 Å². The topological polar surface area (TPSA) is 50.2 Å². The Labute approximate surface area is 313 Å². The molecule has 9 rings (SSSR count). The Morgan fingerprint density at radius 1 is 0.531 bits per heavy atom. The van der Waals surface area contributed by atoms with Crippen LogP contribution >= 0.6 is 70.6 Å². The summed E-state index contributed by atoms with van der Waals surface area (Å²) in [6.07, 6.45) is -0.150. The number of nitrogens with zero attached hydrogens (tertiary/aromatic N) is 6. The first-order valence-corrected chi connectivity index (χ1v) is 23.1. The van der Waals surface area contributed by atoms with Crippen molar-refractivity contribution >= 4 is 117 Å². The highest BCUT2D eigenvalue weighted by atomic mass is 32.2. The summed E-state index contributed by atoms with van der Waals surface area (Å²) >= 11 is 11.6. The first-order chi connectivity index (χ1) is 24.0. The van der Waals surface area contributed by atoms with Gasteiger partial charge in [0.2, 0.25) is 0 Å². The third kappa shape index (κ3) is 4.81. The third-order valence-corrected chi connectivity index (χ3v) is 15.4. The van der Waals surface area contributed by atoms with Crippen LogP contribution in [0.2, 0.25) is 0 Å². The molecule has 13 heteroatoms. The lowest BCUT2D eigenvalue weighted by Gasteiger charge is -2.39. The molecule has 6 heterocycles. The Morgan fingerprint density at radius 3 is 1.51 bits per heavy atom. The predicted molar refractivity (Wildman–Crippen MR) is 218 cm³/mol. The van der Waals surface area contributed by atoms with Crippen molar-refractivity contribution in [3.8, 4) is 0 Å². The summed E-state index contributed by atoms with van der Waals surface area (Å²) in [5.74, 6) is 9.27. The average molecular weight is 757 g/mol. The van der Waals surface area contributed by atoms with E-state index < -0.39 is 0 Å². The van der Waals surface area contributed by atoms with Crippen molar-refractivity contribution in [1.82, 2.24) is 13.8 Å². The van der Waals surface area contributed by atoms with Crippen LogP contribution in [0.5, 0.6) is 0 Å². The molecule has 0 radical (unpaired) electrons. The van der Waals surface area contributed by atoms with Crippen LogP contribution < -0.4 is 11.0 Å². The van der Waals surface area contributed by atoms with Gasteiger partial charge in [-0.3, -0.25) is 0 Å². The summed E-state index contributed by atoms with van der Waals surface area (Å²) in [5, 5.41) is 4.78. The van der Waals surface area contributed by atoms with E-state index in [0.717, 1.165) is 63.0 Å². The smallest absolute Gasteiger partial charge is 0.334 e. The zero-order chi connectivity index (χ0) is 33.6. The first-order valence-electron chi connectivity index (χ1n) is 17.2. The minimum absolute atomic E-state index is 0.131. The number of rotatable bonds is 12. The van der Waals surface area contributed by atoms with Gasteiger partial charge < -0.3 is 13.8 Å². The van der Waals surface area contributed by atoms with Gasteiger partial charge in [-0.25, -0.2) is 15.0 Å². The zero-order valence-corrected chi connectivity index (χ0v) is 33.4. The van der Waals surface area contributed by atoms with Gasteiger partial charge in [0.1, 0.15) is 34.6 Å². The van der Waals surface area contributed by atoms with Gasteiger partial charge in [0.05, 0.1) is 0 Å². The maximum Gasteiger partial charge on any atom is 0.522 e. The fourth-order valence-corrected chi connectivity index (χ4v) is 13.0. The van der Waals surface area contributed by atoms with E-state index in [0.29, 0.717) is 0 Å². The molecular weight excluding hydrogens is 720 g/mol. The number of fused-ring (bicyclic) bond motifs is 9. The Hall–Kier alpha value is -2.03. The number of aromatic nitrogens is 2. The van der Waals surface area contributed by atoms with E-state index in [2.05, 4.69) is 91.7 Å². The molecule has 0 N–H and O–H groups in total. The van der Waals surface area contributed by atoms with E-state index in [4.69, 9.17) is 15.0 Å². The lowest BCUT2D eigenvalue weighted by Crippen LogP contribution is -2.63. The average Bonchev–Trinajstić information content (AvgIpc) is 3.69. The second kappa shape index (κ2) is 12.9. The van der Waals surface area contributed by atoms with Gasteiger partial charge >= 0.3 is 7.12 Å². The van der Waals surface area contributed by atoms with Gasteiger partial charge in [0, 0.05) is 62.0 Å². The van der Waals surface area contributed by atoms with Crippen molar-refractivity contribution < 1.29 is 0 Å². The van der Waals surface area contributed by atoms with Crippen molar-refractivity contribution in [2.45, 2.75) is 77.1 Å². The number of hydrogen-bond donors (Lipinski definition) is 0. The van der Waals surface area contributed by atoms with Crippen LogP contribution in [0.15, 0.2) is 80.7 Å². The molecule has 1 atom stereocenters. The Morgan fingerprint density at radius 2 is 0.980 bits per heavy atom. The number of hydrogen-bond acceptors (Lipinski definition) is 10. The molecule has 3 aromatic carbocycles. The van der Waals surface area contributed by atoms with Gasteiger partial charge in [0.15, 0.2) is 0 Å². The Bertz CT molecular complexity index is 2360. The van der Waals surface area contributed by atoms with E-state index in [1.54, 1.807) is 0 Å². The van der Waals surface area contributed by atoms with Gasteiger partial charge in [-0.2, -0.15) is 0 Å². The normalized spacial score (nSPS) is 16.3. The van der Waals surface area contributed by atoms with Gasteiger partial charge in [0.25, 0.3) is 0 Å². The van der Waals surface area contributed by atoms with Crippen molar-refractivity contribution in [2.24, 2.45) is 15.0 Å². The lowest BCUT2D eigenvalue weighted by atomic mass is 9.85. The van der Waals surface area contributed by atoms with Crippen molar-refractivity contribution in [2.75, 3.05) is 34.5 Å². The predicted octanol–water partition coefficient (Wildman–Crippen LogP) is 9.95. The highest BCUT2D eigenvalue weighted by molar-refractivity contribution is 8.03. The zero-order valence-electron chi connectivity index (χ0n) is 28.5. The minimum Gasteiger partial charge on any atom is -0.334 e. The molecule has 250 valence electrons. The standard InChI is InChI=1S/C36H37BN6S6/c1-7-44-25-13-19-20(14-26(25)45-8-2)32-39-34-23-17-29(48-11-5)30(49-12-6)18-24(23)36-40-35-22-16-28(47-10-4)27(46-9-3)15-21(22)33-38-31(19)41(32)37(42(33)35)43(34)36/h13-18,31H,7-12H2,1-6H3. The van der Waals surface area contributed by atoms with Crippen LogP contribution in [0.1, 0.15) is 58.8 Å². The summed E-state index contributed by atoms with van der Waals surface area (Å²) in [7, 11) is -0.131. The van der Waals surface area contributed by atoms with Crippen molar-refractivity contribution in [3.05, 3.63) is 58.5 Å². The molecule has 0 bridgehead atoms. The van der Waals surface area contributed by atoms with E-state index in [1.165, 1.54) is 62.0 Å². The van der Waals surface area contributed by atoms with Crippen LogP contribution in [-0.4, -0.2) is 61.2 Å². The Kier molecular flexibility index (Phi) is 8.64. The summed E-state index contributed by atoms with van der Waals surface area (Å²) in [4.78, 5) is 27.4. The molecule has 5 aromatic rings. The largest absolute Gasteiger partial charge is 0.522 e. The Balaban J connectivity index is 1.43. The van der Waals surface area contributed by atoms with E-state index in [9.17, 15) is 0 Å². The maximum absolute atomic E-state index is 5.66. The number of amidine groups is 1. The molecule has 1 unspecified atom stereocenters. The fourth-order valence-electron chi connectivity index (χ4n) is 7.65. The van der Waals surface area contributed by atoms with Gasteiger partial charge in [-0.05, 0) is 70.9 Å². The van der Waals surface area contributed by atoms with E-state index in [-0.39, 0.29) is 13.3 Å². The van der Waals surface area contributed by atoms with Crippen LogP contribution in [0, 0.1) is 0 Å². The molecule has 0 fully saturated rings. The monoisotopic (exact) mass is 756 g/mol. The molecule has 6 nitrogen and oxygen atoms in total. The summed E-state index contributed by atoms with van der Waals surface area (Å²) in [6.45, 7) is 13.5. The van der Waals surface area contributed by atoms with Crippen LogP contribution in [-0.2, 0) is 0 Å². The number of aliphatic imine (C=N–C) groups is 1. The summed E-state index contributed by atoms with van der Waals surface area (Å²) in [5.41, 5.74) is 4.54. The summed E-state index contributed by atoms with van der Waals surface area (Å²) < 4.78 is 4.84. The van der Waals surface area contributed by atoms with E-state index >= 15 is 0 Å². The van der Waals surface area contributed by atoms with Crippen LogP contribution in [0.4, 0.5) is 11.6 Å². The highest BCUT2D eigenvalue weighted by Crippen LogP contribution is 2.51. The molecule has 0 aliphatic carbocycles.